The molecule has 0 radical (unpaired) electrons. The van der Waals surface area contributed by atoms with Crippen LogP contribution in [0.25, 0.3) is 10.9 Å². The number of carbonyl (C=O) groups is 2. The minimum Gasteiger partial charge on any atom is -0.491 e. The van der Waals surface area contributed by atoms with E-state index in [0.717, 1.165) is 57.3 Å². The van der Waals surface area contributed by atoms with Gasteiger partial charge in [0, 0.05) is 30.2 Å². The second kappa shape index (κ2) is 10.7. The highest BCUT2D eigenvalue weighted by Crippen LogP contribution is 2.38. The molecule has 7 nitrogen and oxygen atoms in total. The van der Waals surface area contributed by atoms with Crippen molar-refractivity contribution in [2.45, 2.75) is 51.6 Å². The van der Waals surface area contributed by atoms with Crippen molar-refractivity contribution in [1.29, 1.82) is 0 Å². The Morgan fingerprint density at radius 2 is 1.83 bits per heavy atom. The number of carbonyl (C=O) groups excluding carboxylic acids is 2. The van der Waals surface area contributed by atoms with Gasteiger partial charge in [0.15, 0.2) is 0 Å². The molecule has 190 valence electrons. The molecule has 1 saturated heterocycles. The number of amides is 2. The molecular weight excluding hydrogens is 452 g/mol. The number of aromatic amines is 1. The van der Waals surface area contributed by atoms with Crippen molar-refractivity contribution in [3.63, 3.8) is 0 Å². The van der Waals surface area contributed by atoms with Crippen LogP contribution in [0, 0.1) is 5.41 Å². The molecule has 1 atom stereocenters. The van der Waals surface area contributed by atoms with Crippen LogP contribution in [-0.4, -0.2) is 54.0 Å². The summed E-state index contributed by atoms with van der Waals surface area (Å²) in [6.07, 6.45) is 6.25. The van der Waals surface area contributed by atoms with E-state index in [-0.39, 0.29) is 23.3 Å². The van der Waals surface area contributed by atoms with Gasteiger partial charge in [-0.05, 0) is 75.5 Å². The van der Waals surface area contributed by atoms with Crippen LogP contribution < -0.4 is 15.4 Å². The fourth-order valence-corrected chi connectivity index (χ4v) is 5.56. The molecule has 2 aromatic carbocycles. The molecular formula is C29H36N4O3. The number of nitrogens with zero attached hydrogens (tertiary/aromatic N) is 1. The highest BCUT2D eigenvalue weighted by atomic mass is 16.5. The number of H-pyrrole nitrogens is 1. The first-order valence-corrected chi connectivity index (χ1v) is 13.1. The summed E-state index contributed by atoms with van der Waals surface area (Å²) in [5, 5.41) is 7.53. The first-order chi connectivity index (χ1) is 17.5. The highest BCUT2D eigenvalue weighted by Gasteiger charge is 2.41. The van der Waals surface area contributed by atoms with E-state index >= 15 is 0 Å². The molecule has 5 rings (SSSR count). The van der Waals surface area contributed by atoms with E-state index in [1.807, 2.05) is 25.3 Å². The molecule has 3 heterocycles. The first kappa shape index (κ1) is 24.4. The highest BCUT2D eigenvalue weighted by molar-refractivity contribution is 5.96. The minimum absolute atomic E-state index is 0.111. The lowest BCUT2D eigenvalue weighted by Gasteiger charge is -2.41. The van der Waals surface area contributed by atoms with E-state index in [4.69, 9.17) is 4.74 Å². The summed E-state index contributed by atoms with van der Waals surface area (Å²) >= 11 is 0. The normalized spacial score (nSPS) is 21.8. The maximum Gasteiger partial charge on any atom is 0.255 e. The van der Waals surface area contributed by atoms with Crippen LogP contribution in [0.3, 0.4) is 0 Å². The lowest BCUT2D eigenvalue weighted by atomic mass is 9.73. The van der Waals surface area contributed by atoms with Crippen molar-refractivity contribution >= 4 is 22.7 Å². The lowest BCUT2D eigenvalue weighted by molar-refractivity contribution is -0.135. The molecule has 0 aliphatic carbocycles. The molecule has 0 saturated carbocycles. The molecule has 3 aromatic rings. The molecule has 1 fully saturated rings. The molecule has 2 aliphatic heterocycles. The van der Waals surface area contributed by atoms with Crippen molar-refractivity contribution in [2.75, 3.05) is 26.2 Å². The average Bonchev–Trinajstić information content (AvgIpc) is 3.38. The van der Waals surface area contributed by atoms with E-state index in [9.17, 15) is 9.59 Å². The third-order valence-electron chi connectivity index (χ3n) is 7.74. The Balaban J connectivity index is 1.26. The fourth-order valence-electron chi connectivity index (χ4n) is 5.56. The summed E-state index contributed by atoms with van der Waals surface area (Å²) < 4.78 is 5.96. The zero-order chi connectivity index (χ0) is 25.0. The van der Waals surface area contributed by atoms with Crippen LogP contribution in [0.15, 0.2) is 54.7 Å². The van der Waals surface area contributed by atoms with Crippen molar-refractivity contribution in [3.05, 3.63) is 65.9 Å². The summed E-state index contributed by atoms with van der Waals surface area (Å²) in [5.41, 5.74) is 2.64. The molecule has 1 aromatic heterocycles. The predicted octanol–water partition coefficient (Wildman–Crippen LogP) is 4.25. The van der Waals surface area contributed by atoms with E-state index in [1.54, 1.807) is 12.1 Å². The second-order valence-corrected chi connectivity index (χ2v) is 10.3. The third-order valence-corrected chi connectivity index (χ3v) is 7.74. The molecule has 2 amide bonds. The third kappa shape index (κ3) is 5.26. The van der Waals surface area contributed by atoms with Gasteiger partial charge in [-0.15, -0.1) is 0 Å². The van der Waals surface area contributed by atoms with Gasteiger partial charge in [0.25, 0.3) is 5.91 Å². The fraction of sp³-hybridized carbons (Fsp3) is 0.448. The lowest BCUT2D eigenvalue weighted by Crippen LogP contribution is -2.51. The van der Waals surface area contributed by atoms with Gasteiger partial charge >= 0.3 is 0 Å². The van der Waals surface area contributed by atoms with E-state index in [2.05, 4.69) is 44.8 Å². The number of ether oxygens (including phenoxy) is 1. The Labute approximate surface area is 212 Å². The number of fused-ring (bicyclic) bond motifs is 2. The molecule has 2 aliphatic rings. The van der Waals surface area contributed by atoms with Crippen LogP contribution in [-0.2, 0) is 11.3 Å². The van der Waals surface area contributed by atoms with Gasteiger partial charge in [0.1, 0.15) is 12.4 Å². The predicted molar refractivity (Wildman–Crippen MR) is 141 cm³/mol. The monoisotopic (exact) mass is 488 g/mol. The Bertz CT molecular complexity index is 1210. The number of hydrogen-bond acceptors (Lipinski definition) is 4. The van der Waals surface area contributed by atoms with Crippen LogP contribution in [0.2, 0.25) is 0 Å². The van der Waals surface area contributed by atoms with Gasteiger partial charge in [-0.25, -0.2) is 0 Å². The number of piperidine rings is 1. The Kier molecular flexibility index (Phi) is 7.28. The van der Waals surface area contributed by atoms with E-state index in [1.165, 1.54) is 10.9 Å². The number of likely N-dealkylation sites (tertiary alicyclic amines) is 1. The number of aromatic nitrogens is 1. The number of para-hydroxylation sites is 1. The summed E-state index contributed by atoms with van der Waals surface area (Å²) in [7, 11) is 0. The average molecular weight is 489 g/mol. The van der Waals surface area contributed by atoms with Crippen LogP contribution >= 0.6 is 0 Å². The van der Waals surface area contributed by atoms with E-state index < -0.39 is 0 Å². The van der Waals surface area contributed by atoms with Gasteiger partial charge in [0.2, 0.25) is 5.91 Å². The van der Waals surface area contributed by atoms with Crippen LogP contribution in [0.4, 0.5) is 0 Å². The SMILES string of the molecule is C[C@@H]1COc2ccccc2C(=O)NCCCCC2(CCN(Cc3cccc4[nH]ccc34)CC2)C(=O)N1. The van der Waals surface area contributed by atoms with Gasteiger partial charge in [-0.2, -0.15) is 0 Å². The molecule has 0 unspecified atom stereocenters. The summed E-state index contributed by atoms with van der Waals surface area (Å²) in [5.74, 6) is 0.578. The van der Waals surface area contributed by atoms with Crippen molar-refractivity contribution in [3.8, 4) is 5.75 Å². The molecule has 0 bridgehead atoms. The summed E-state index contributed by atoms with van der Waals surface area (Å²) in [6, 6.07) is 15.7. The van der Waals surface area contributed by atoms with Crippen molar-refractivity contribution < 1.29 is 14.3 Å². The summed E-state index contributed by atoms with van der Waals surface area (Å²) in [6.45, 7) is 5.55. The number of rotatable bonds is 2. The largest absolute Gasteiger partial charge is 0.491 e. The molecule has 3 N–H and O–H groups in total. The minimum atomic E-state index is -0.378. The topological polar surface area (TPSA) is 86.5 Å². The van der Waals surface area contributed by atoms with Crippen LogP contribution in [0.1, 0.15) is 54.9 Å². The maximum absolute atomic E-state index is 13.6. The van der Waals surface area contributed by atoms with Gasteiger partial charge < -0.3 is 20.4 Å². The standard InChI is InChI=1S/C29H36N4O3/c1-21-20-36-26-10-3-2-8-24(26)27(34)31-15-5-4-12-29(28(35)32-21)13-17-33(18-14-29)19-22-7-6-9-25-23(22)11-16-30-25/h2-3,6-11,16,21,30H,4-5,12-15,17-20H2,1H3,(H,31,34)(H,32,35)/t21-/m1/s1. The van der Waals surface area contributed by atoms with Gasteiger partial charge in [-0.1, -0.05) is 30.7 Å². The first-order valence-electron chi connectivity index (χ1n) is 13.1. The van der Waals surface area contributed by atoms with Gasteiger partial charge in [0.05, 0.1) is 17.0 Å². The molecule has 1 spiro atoms. The van der Waals surface area contributed by atoms with Crippen molar-refractivity contribution in [1.82, 2.24) is 20.5 Å². The quantitative estimate of drug-likeness (QED) is 0.503. The Hall–Kier alpha value is -3.32. The maximum atomic E-state index is 13.6. The zero-order valence-corrected chi connectivity index (χ0v) is 21.0. The smallest absolute Gasteiger partial charge is 0.255 e. The van der Waals surface area contributed by atoms with E-state index in [0.29, 0.717) is 24.5 Å². The van der Waals surface area contributed by atoms with Crippen LogP contribution in [0.5, 0.6) is 5.75 Å². The van der Waals surface area contributed by atoms with Crippen molar-refractivity contribution in [2.24, 2.45) is 5.41 Å². The summed E-state index contributed by atoms with van der Waals surface area (Å²) in [4.78, 5) is 32.1. The molecule has 7 heteroatoms. The van der Waals surface area contributed by atoms with Gasteiger partial charge in [-0.3, -0.25) is 14.5 Å². The number of benzene rings is 2. The zero-order valence-electron chi connectivity index (χ0n) is 21.0. The number of hydrogen-bond donors (Lipinski definition) is 3. The molecule has 36 heavy (non-hydrogen) atoms. The second-order valence-electron chi connectivity index (χ2n) is 10.3. The Morgan fingerprint density at radius 1 is 1.00 bits per heavy atom. The Morgan fingerprint density at radius 3 is 2.69 bits per heavy atom. The number of nitrogens with one attached hydrogen (secondary N) is 3.